The lowest BCUT2D eigenvalue weighted by Crippen LogP contribution is -2.30. The molecule has 0 amide bonds. The molecule has 0 fully saturated rings. The van der Waals surface area contributed by atoms with Gasteiger partial charge in [-0.25, -0.2) is 0 Å². The fourth-order valence-electron chi connectivity index (χ4n) is 5.27. The maximum Gasteiger partial charge on any atom is 0.310 e. The zero-order chi connectivity index (χ0) is 37.3. The van der Waals surface area contributed by atoms with Crippen molar-refractivity contribution in [1.29, 1.82) is 0 Å². The summed E-state index contributed by atoms with van der Waals surface area (Å²) in [7, 11) is 0. The summed E-state index contributed by atoms with van der Waals surface area (Å²) in [5, 5.41) is 0. The highest BCUT2D eigenvalue weighted by molar-refractivity contribution is 5.72. The first-order chi connectivity index (χ1) is 25.0. The van der Waals surface area contributed by atoms with Gasteiger partial charge in [0.05, 0.1) is 12.8 Å². The van der Waals surface area contributed by atoms with E-state index >= 15 is 0 Å². The number of carbonyl (C=O) groups excluding carboxylic acids is 3. The van der Waals surface area contributed by atoms with Gasteiger partial charge in [-0.1, -0.05) is 184 Å². The number of hydrogen-bond acceptors (Lipinski definition) is 6. The number of carbonyl (C=O) groups is 3. The van der Waals surface area contributed by atoms with E-state index in [1.165, 1.54) is 77.0 Å². The second-order valence-electron chi connectivity index (χ2n) is 13.2. The molecule has 0 saturated heterocycles. The second-order valence-corrected chi connectivity index (χ2v) is 13.2. The van der Waals surface area contributed by atoms with Crippen molar-refractivity contribution in [3.8, 4) is 0 Å². The molecule has 0 saturated carbocycles. The molecule has 0 aromatic heterocycles. The number of hydrogen-bond donors (Lipinski definition) is 0. The van der Waals surface area contributed by atoms with E-state index in [-0.39, 0.29) is 32.0 Å². The van der Waals surface area contributed by atoms with Crippen LogP contribution in [0.5, 0.6) is 0 Å². The van der Waals surface area contributed by atoms with E-state index in [1.807, 2.05) is 12.2 Å². The second kappa shape index (κ2) is 39.6. The summed E-state index contributed by atoms with van der Waals surface area (Å²) in [6, 6.07) is 0. The summed E-state index contributed by atoms with van der Waals surface area (Å²) in [6.07, 6.45) is 48.2. The minimum absolute atomic E-state index is 0.0889. The van der Waals surface area contributed by atoms with Crippen LogP contribution in [-0.4, -0.2) is 37.2 Å². The fraction of sp³-hybridized carbons (Fsp3) is 0.667. The molecule has 51 heavy (non-hydrogen) atoms. The molecule has 0 aliphatic rings. The van der Waals surface area contributed by atoms with Crippen LogP contribution in [0.4, 0.5) is 0 Å². The highest BCUT2D eigenvalue weighted by atomic mass is 16.6. The predicted octanol–water partition coefficient (Wildman–Crippen LogP) is 12.7. The van der Waals surface area contributed by atoms with Gasteiger partial charge >= 0.3 is 17.9 Å². The zero-order valence-electron chi connectivity index (χ0n) is 32.8. The highest BCUT2D eigenvalue weighted by Crippen LogP contribution is 2.14. The molecular formula is C45H74O6. The van der Waals surface area contributed by atoms with E-state index in [1.54, 1.807) is 12.2 Å². The molecule has 0 aromatic carbocycles. The third kappa shape index (κ3) is 37.9. The molecular weight excluding hydrogens is 636 g/mol. The van der Waals surface area contributed by atoms with Crippen molar-refractivity contribution in [2.24, 2.45) is 0 Å². The predicted molar refractivity (Wildman–Crippen MR) is 214 cm³/mol. The quantitative estimate of drug-likeness (QED) is 0.0282. The number of rotatable bonds is 35. The smallest absolute Gasteiger partial charge is 0.310 e. The van der Waals surface area contributed by atoms with Gasteiger partial charge in [0.15, 0.2) is 6.10 Å². The normalized spacial score (nSPS) is 12.8. The van der Waals surface area contributed by atoms with Crippen LogP contribution < -0.4 is 0 Å². The van der Waals surface area contributed by atoms with Crippen LogP contribution in [0, 0.1) is 0 Å². The first kappa shape index (κ1) is 47.8. The molecule has 0 aromatic rings. The van der Waals surface area contributed by atoms with E-state index in [9.17, 15) is 14.4 Å². The lowest BCUT2D eigenvalue weighted by molar-refractivity contribution is -0.166. The molecule has 6 heteroatoms. The SMILES string of the molecule is CC/C=C\C/C=C\C/C=C\CC(=O)OCC(COC(=O)CCCCCCCCCCCCCCCCC)OC(=O)C/C=C\C/C=C\C/C=C\CC. The van der Waals surface area contributed by atoms with Crippen LogP contribution in [-0.2, 0) is 28.6 Å². The highest BCUT2D eigenvalue weighted by Gasteiger charge is 2.19. The maximum absolute atomic E-state index is 12.5. The first-order valence-corrected chi connectivity index (χ1v) is 20.4. The number of ether oxygens (including phenoxy) is 3. The largest absolute Gasteiger partial charge is 0.462 e. The average Bonchev–Trinajstić information content (AvgIpc) is 3.12. The Morgan fingerprint density at radius 3 is 1.20 bits per heavy atom. The summed E-state index contributed by atoms with van der Waals surface area (Å²) in [4.78, 5) is 37.3. The summed E-state index contributed by atoms with van der Waals surface area (Å²) >= 11 is 0. The molecule has 0 radical (unpaired) electrons. The van der Waals surface area contributed by atoms with Crippen molar-refractivity contribution in [2.75, 3.05) is 13.2 Å². The molecule has 0 N–H and O–H groups in total. The van der Waals surface area contributed by atoms with Crippen molar-refractivity contribution < 1.29 is 28.6 Å². The van der Waals surface area contributed by atoms with E-state index in [2.05, 4.69) is 69.4 Å². The van der Waals surface area contributed by atoms with Crippen LogP contribution in [0.2, 0.25) is 0 Å². The summed E-state index contributed by atoms with van der Waals surface area (Å²) < 4.78 is 16.4. The van der Waals surface area contributed by atoms with E-state index < -0.39 is 18.0 Å². The Morgan fingerprint density at radius 2 is 0.765 bits per heavy atom. The zero-order valence-corrected chi connectivity index (χ0v) is 32.8. The Bertz CT molecular complexity index is 1000. The lowest BCUT2D eigenvalue weighted by atomic mass is 10.0. The molecule has 0 bridgehead atoms. The molecule has 0 rings (SSSR count). The third-order valence-corrected chi connectivity index (χ3v) is 8.27. The van der Waals surface area contributed by atoms with Gasteiger partial charge in [-0.3, -0.25) is 14.4 Å². The summed E-state index contributed by atoms with van der Waals surface area (Å²) in [6.45, 7) is 6.18. The van der Waals surface area contributed by atoms with Crippen LogP contribution in [0.1, 0.15) is 175 Å². The van der Waals surface area contributed by atoms with Crippen LogP contribution in [0.15, 0.2) is 72.9 Å². The lowest BCUT2D eigenvalue weighted by Gasteiger charge is -2.17. The molecule has 0 heterocycles. The van der Waals surface area contributed by atoms with Gasteiger partial charge in [-0.2, -0.15) is 0 Å². The molecule has 6 nitrogen and oxygen atoms in total. The minimum Gasteiger partial charge on any atom is -0.462 e. The van der Waals surface area contributed by atoms with Crippen molar-refractivity contribution >= 4 is 17.9 Å². The Hall–Kier alpha value is -3.15. The van der Waals surface area contributed by atoms with Crippen molar-refractivity contribution in [1.82, 2.24) is 0 Å². The minimum atomic E-state index is -0.854. The van der Waals surface area contributed by atoms with Crippen molar-refractivity contribution in [2.45, 2.75) is 181 Å². The summed E-state index contributed by atoms with van der Waals surface area (Å²) in [5.74, 6) is -1.20. The van der Waals surface area contributed by atoms with E-state index in [0.29, 0.717) is 6.42 Å². The van der Waals surface area contributed by atoms with Gasteiger partial charge in [-0.05, 0) is 44.9 Å². The average molecular weight is 711 g/mol. The first-order valence-electron chi connectivity index (χ1n) is 20.4. The van der Waals surface area contributed by atoms with Gasteiger partial charge in [0.2, 0.25) is 0 Å². The summed E-state index contributed by atoms with van der Waals surface area (Å²) in [5.41, 5.74) is 0. The molecule has 1 atom stereocenters. The Morgan fingerprint density at radius 1 is 0.412 bits per heavy atom. The van der Waals surface area contributed by atoms with E-state index in [0.717, 1.165) is 57.8 Å². The molecule has 1 unspecified atom stereocenters. The Kier molecular flexibility index (Phi) is 37.2. The number of unbranched alkanes of at least 4 members (excludes halogenated alkanes) is 14. The van der Waals surface area contributed by atoms with Gasteiger partial charge in [0, 0.05) is 6.42 Å². The molecule has 290 valence electrons. The van der Waals surface area contributed by atoms with Crippen molar-refractivity contribution in [3.63, 3.8) is 0 Å². The van der Waals surface area contributed by atoms with Crippen LogP contribution >= 0.6 is 0 Å². The number of esters is 3. The molecule has 0 aliphatic carbocycles. The number of allylic oxidation sites excluding steroid dienone is 10. The van der Waals surface area contributed by atoms with E-state index in [4.69, 9.17) is 14.2 Å². The molecule has 0 aliphatic heterocycles. The van der Waals surface area contributed by atoms with Gasteiger partial charge in [-0.15, -0.1) is 0 Å². The Balaban J connectivity index is 4.46. The topological polar surface area (TPSA) is 78.9 Å². The van der Waals surface area contributed by atoms with Crippen molar-refractivity contribution in [3.05, 3.63) is 72.9 Å². The standard InChI is InChI=1S/C45H74O6/c1-4-7-10-13-16-19-20-21-22-23-24-27-29-32-35-38-44(47)50-41-42(51-45(48)39-36-33-30-26-18-15-12-9-6-3)40-49-43(46)37-34-31-28-25-17-14-11-8-5-2/h8-9,11-12,17-18,25-26,31,33-34,36,42H,4-7,10,13-16,19-24,27-30,32,35,37-41H2,1-3H3/b11-8-,12-9-,25-17-,26-18-,34-31-,36-33-. The van der Waals surface area contributed by atoms with Gasteiger partial charge in [0.25, 0.3) is 0 Å². The monoisotopic (exact) mass is 711 g/mol. The maximum atomic E-state index is 12.5. The fourth-order valence-corrected chi connectivity index (χ4v) is 5.27. The van der Waals surface area contributed by atoms with Crippen LogP contribution in [0.25, 0.3) is 0 Å². The molecule has 0 spiro atoms. The third-order valence-electron chi connectivity index (χ3n) is 8.27. The van der Waals surface area contributed by atoms with Gasteiger partial charge in [0.1, 0.15) is 13.2 Å². The van der Waals surface area contributed by atoms with Gasteiger partial charge < -0.3 is 14.2 Å². The van der Waals surface area contributed by atoms with Crippen LogP contribution in [0.3, 0.4) is 0 Å². The Labute approximate surface area is 312 Å².